The van der Waals surface area contributed by atoms with Crippen LogP contribution in [0.5, 0.6) is 0 Å². The van der Waals surface area contributed by atoms with Crippen molar-refractivity contribution in [1.29, 1.82) is 0 Å². The molecule has 1 aliphatic carbocycles. The molecule has 0 spiro atoms. The van der Waals surface area contributed by atoms with Gasteiger partial charge in [-0.3, -0.25) is 4.68 Å². The quantitative estimate of drug-likeness (QED) is 0.333. The minimum absolute atomic E-state index is 0.0920. The van der Waals surface area contributed by atoms with Gasteiger partial charge in [-0.25, -0.2) is 33.1 Å². The van der Waals surface area contributed by atoms with Crippen LogP contribution in [0.15, 0.2) is 36.9 Å². The number of fused-ring (bicyclic) bond motifs is 1. The molecule has 2 aliphatic rings. The number of hydrogen-bond acceptors (Lipinski definition) is 6. The van der Waals surface area contributed by atoms with Crippen molar-refractivity contribution in [2.45, 2.75) is 64.5 Å². The molecule has 6 rings (SSSR count). The smallest absolute Gasteiger partial charge is 0.263 e. The van der Waals surface area contributed by atoms with Gasteiger partial charge in [0.05, 0.1) is 29.7 Å². The predicted octanol–water partition coefficient (Wildman–Crippen LogP) is 6.24. The summed E-state index contributed by atoms with van der Waals surface area (Å²) in [5.74, 6) is -0.780. The molecular formula is C26H27F3N6O. The van der Waals surface area contributed by atoms with E-state index in [9.17, 15) is 13.2 Å². The van der Waals surface area contributed by atoms with E-state index in [-0.39, 0.29) is 16.8 Å². The number of ether oxygens (including phenoxy) is 1. The molecule has 10 heteroatoms. The van der Waals surface area contributed by atoms with Gasteiger partial charge in [-0.1, -0.05) is 6.07 Å². The fourth-order valence-corrected chi connectivity index (χ4v) is 4.16. The molecular weight excluding hydrogens is 469 g/mol. The summed E-state index contributed by atoms with van der Waals surface area (Å²) in [5.41, 5.74) is 3.29. The van der Waals surface area contributed by atoms with Crippen LogP contribution in [0, 0.1) is 19.7 Å². The Morgan fingerprint density at radius 2 is 1.83 bits per heavy atom. The van der Waals surface area contributed by atoms with Crippen molar-refractivity contribution in [1.82, 2.24) is 29.7 Å². The zero-order chi connectivity index (χ0) is 25.2. The molecule has 0 N–H and O–H groups in total. The number of aryl methyl sites for hydroxylation is 2. The summed E-state index contributed by atoms with van der Waals surface area (Å²) in [6.07, 6.45) is 9.26. The largest absolute Gasteiger partial charge is 0.373 e. The Balaban J connectivity index is 0.000000163. The summed E-state index contributed by atoms with van der Waals surface area (Å²) in [6, 6.07) is 3.94. The highest BCUT2D eigenvalue weighted by Crippen LogP contribution is 2.36. The summed E-state index contributed by atoms with van der Waals surface area (Å²) in [6.45, 7) is 4.48. The number of halogens is 3. The molecule has 3 aromatic heterocycles. The van der Waals surface area contributed by atoms with Gasteiger partial charge >= 0.3 is 0 Å². The topological polar surface area (TPSA) is 78.6 Å². The maximum Gasteiger partial charge on any atom is 0.263 e. The van der Waals surface area contributed by atoms with Crippen molar-refractivity contribution in [2.75, 3.05) is 6.61 Å². The third-order valence-electron chi connectivity index (χ3n) is 6.47. The van der Waals surface area contributed by atoms with Crippen molar-refractivity contribution in [2.24, 2.45) is 0 Å². The first kappa shape index (κ1) is 24.3. The Kier molecular flexibility index (Phi) is 6.95. The lowest BCUT2D eigenvalue weighted by Gasteiger charge is -2.21. The average molecular weight is 497 g/mol. The Hall–Kier alpha value is -3.40. The molecule has 7 nitrogen and oxygen atoms in total. The van der Waals surface area contributed by atoms with Crippen LogP contribution in [0.3, 0.4) is 0 Å². The SMILES string of the molecule is Cc1nc2ncnc(-c3ccc(C(F)F)cc3F)c2nc1C.c1nn(C2CC2)cc1[C@H]1CCCCO1. The van der Waals surface area contributed by atoms with E-state index in [1.165, 1.54) is 49.7 Å². The van der Waals surface area contributed by atoms with E-state index in [1.54, 1.807) is 13.8 Å². The van der Waals surface area contributed by atoms with E-state index in [0.717, 1.165) is 19.1 Å². The normalized spacial score (nSPS) is 17.8. The van der Waals surface area contributed by atoms with Crippen molar-refractivity contribution in [3.05, 3.63) is 65.3 Å². The lowest BCUT2D eigenvalue weighted by Crippen LogP contribution is -2.10. The summed E-state index contributed by atoms with van der Waals surface area (Å²) >= 11 is 0. The molecule has 4 heterocycles. The van der Waals surface area contributed by atoms with Gasteiger partial charge in [0.15, 0.2) is 5.65 Å². The van der Waals surface area contributed by atoms with Gasteiger partial charge in [-0.15, -0.1) is 0 Å². The maximum absolute atomic E-state index is 14.2. The van der Waals surface area contributed by atoms with E-state index in [0.29, 0.717) is 34.7 Å². The zero-order valence-corrected chi connectivity index (χ0v) is 20.2. The Labute approximate surface area is 206 Å². The summed E-state index contributed by atoms with van der Waals surface area (Å²) in [4.78, 5) is 16.7. The van der Waals surface area contributed by atoms with E-state index in [1.807, 2.05) is 6.20 Å². The Morgan fingerprint density at radius 1 is 1.03 bits per heavy atom. The lowest BCUT2D eigenvalue weighted by atomic mass is 10.0. The monoisotopic (exact) mass is 496 g/mol. The van der Waals surface area contributed by atoms with Gasteiger partial charge < -0.3 is 4.74 Å². The van der Waals surface area contributed by atoms with Gasteiger partial charge in [0, 0.05) is 29.5 Å². The van der Waals surface area contributed by atoms with Crippen molar-refractivity contribution in [3.63, 3.8) is 0 Å². The van der Waals surface area contributed by atoms with Crippen LogP contribution >= 0.6 is 0 Å². The molecule has 1 atom stereocenters. The number of aromatic nitrogens is 6. The van der Waals surface area contributed by atoms with Gasteiger partial charge in [-0.05, 0) is 58.1 Å². The second kappa shape index (κ2) is 10.3. The van der Waals surface area contributed by atoms with E-state index in [2.05, 4.69) is 35.9 Å². The number of hydrogen-bond donors (Lipinski definition) is 0. The molecule has 0 radical (unpaired) electrons. The Bertz CT molecular complexity index is 1370. The molecule has 1 aromatic carbocycles. The number of benzene rings is 1. The van der Waals surface area contributed by atoms with Crippen LogP contribution in [-0.2, 0) is 4.74 Å². The molecule has 1 saturated heterocycles. The maximum atomic E-state index is 14.2. The highest BCUT2D eigenvalue weighted by atomic mass is 19.3. The van der Waals surface area contributed by atoms with Crippen LogP contribution in [0.1, 0.15) is 73.2 Å². The molecule has 2 fully saturated rings. The first-order chi connectivity index (χ1) is 17.4. The number of alkyl halides is 2. The standard InChI is InChI=1S/C15H11F3N4.C11H16N2O/c1-7-8(2)22-15-13(21-7)12(19-6-20-15)10-4-3-9(14(17)18)5-11(10)16;1-2-6-14-11(3-1)9-7-12-13(8-9)10-4-5-10/h3-6,14H,1-2H3;7-8,10-11H,1-6H2/t;11-/m.1/s1. The minimum Gasteiger partial charge on any atom is -0.373 e. The van der Waals surface area contributed by atoms with Gasteiger partial charge in [0.25, 0.3) is 6.43 Å². The third kappa shape index (κ3) is 5.23. The van der Waals surface area contributed by atoms with Crippen molar-refractivity contribution < 1.29 is 17.9 Å². The molecule has 1 aliphatic heterocycles. The van der Waals surface area contributed by atoms with E-state index in [4.69, 9.17) is 4.74 Å². The molecule has 36 heavy (non-hydrogen) atoms. The van der Waals surface area contributed by atoms with Gasteiger partial charge in [0.2, 0.25) is 0 Å². The fourth-order valence-electron chi connectivity index (χ4n) is 4.16. The molecule has 1 saturated carbocycles. The predicted molar refractivity (Wildman–Crippen MR) is 128 cm³/mol. The van der Waals surface area contributed by atoms with Gasteiger partial charge in [-0.2, -0.15) is 5.10 Å². The van der Waals surface area contributed by atoms with Gasteiger partial charge in [0.1, 0.15) is 23.4 Å². The van der Waals surface area contributed by atoms with Crippen LogP contribution in [0.4, 0.5) is 13.2 Å². The average Bonchev–Trinajstić information content (AvgIpc) is 3.61. The first-order valence-electron chi connectivity index (χ1n) is 12.1. The van der Waals surface area contributed by atoms with Crippen LogP contribution in [-0.4, -0.2) is 36.3 Å². The fraction of sp³-hybridized carbons (Fsp3) is 0.423. The summed E-state index contributed by atoms with van der Waals surface area (Å²) in [5, 5.41) is 4.39. The van der Waals surface area contributed by atoms with Crippen molar-refractivity contribution in [3.8, 4) is 11.3 Å². The van der Waals surface area contributed by atoms with E-state index < -0.39 is 12.2 Å². The Morgan fingerprint density at radius 3 is 2.53 bits per heavy atom. The highest BCUT2D eigenvalue weighted by Gasteiger charge is 2.26. The lowest BCUT2D eigenvalue weighted by molar-refractivity contribution is 0.0149. The minimum atomic E-state index is -2.73. The third-order valence-corrected chi connectivity index (χ3v) is 6.47. The molecule has 0 amide bonds. The first-order valence-corrected chi connectivity index (χ1v) is 12.1. The molecule has 0 bridgehead atoms. The zero-order valence-electron chi connectivity index (χ0n) is 20.2. The highest BCUT2D eigenvalue weighted by molar-refractivity contribution is 5.86. The molecule has 188 valence electrons. The van der Waals surface area contributed by atoms with Crippen molar-refractivity contribution >= 4 is 11.2 Å². The second-order valence-corrected chi connectivity index (χ2v) is 9.17. The molecule has 0 unspecified atom stereocenters. The number of rotatable bonds is 4. The van der Waals surface area contributed by atoms with E-state index >= 15 is 0 Å². The van der Waals surface area contributed by atoms with Crippen LogP contribution < -0.4 is 0 Å². The summed E-state index contributed by atoms with van der Waals surface area (Å²) < 4.78 is 47.2. The second-order valence-electron chi connectivity index (χ2n) is 9.17. The summed E-state index contributed by atoms with van der Waals surface area (Å²) in [7, 11) is 0. The number of nitrogens with zero attached hydrogens (tertiary/aromatic N) is 6. The van der Waals surface area contributed by atoms with Crippen LogP contribution in [0.25, 0.3) is 22.4 Å². The van der Waals surface area contributed by atoms with Crippen LogP contribution in [0.2, 0.25) is 0 Å². The molecule has 4 aromatic rings.